The monoisotopic (exact) mass is 367 g/mol. The Morgan fingerprint density at radius 1 is 1.15 bits per heavy atom. The number of aryl methyl sites for hydroxylation is 2. The van der Waals surface area contributed by atoms with E-state index in [1.165, 1.54) is 7.11 Å². The number of benzene rings is 2. The van der Waals surface area contributed by atoms with E-state index in [1.807, 2.05) is 32.0 Å². The molecule has 0 atom stereocenters. The van der Waals surface area contributed by atoms with Crippen LogP contribution in [-0.2, 0) is 16.1 Å². The van der Waals surface area contributed by atoms with Gasteiger partial charge in [0.2, 0.25) is 0 Å². The Balaban J connectivity index is 1.57. The minimum Gasteiger partial charge on any atom is -0.484 e. The van der Waals surface area contributed by atoms with Crippen LogP contribution in [0.4, 0.5) is 0 Å². The van der Waals surface area contributed by atoms with Gasteiger partial charge in [-0.3, -0.25) is 4.79 Å². The molecule has 27 heavy (non-hydrogen) atoms. The number of hydrogen-bond acceptors (Lipinski definition) is 5. The number of fused-ring (bicyclic) bond motifs is 1. The number of hydrogen-bond donors (Lipinski definition) is 2. The van der Waals surface area contributed by atoms with Crippen LogP contribution < -0.4 is 10.1 Å². The van der Waals surface area contributed by atoms with Gasteiger partial charge in [0.25, 0.3) is 5.91 Å². The maximum absolute atomic E-state index is 12.0. The summed E-state index contributed by atoms with van der Waals surface area (Å²) < 4.78 is 10.3. The third-order valence-corrected chi connectivity index (χ3v) is 4.09. The molecule has 0 saturated carbocycles. The molecule has 0 radical (unpaired) electrons. The second kappa shape index (κ2) is 7.90. The zero-order chi connectivity index (χ0) is 19.4. The van der Waals surface area contributed by atoms with Crippen molar-refractivity contribution in [3.05, 3.63) is 58.9 Å². The molecule has 0 aliphatic rings. The number of imidazole rings is 1. The van der Waals surface area contributed by atoms with E-state index in [9.17, 15) is 9.59 Å². The van der Waals surface area contributed by atoms with Gasteiger partial charge in [-0.1, -0.05) is 17.7 Å². The lowest BCUT2D eigenvalue weighted by Crippen LogP contribution is -2.28. The van der Waals surface area contributed by atoms with Gasteiger partial charge in [0, 0.05) is 0 Å². The zero-order valence-electron chi connectivity index (χ0n) is 15.5. The lowest BCUT2D eigenvalue weighted by atomic mass is 10.1. The van der Waals surface area contributed by atoms with Gasteiger partial charge in [-0.25, -0.2) is 9.78 Å². The van der Waals surface area contributed by atoms with Gasteiger partial charge < -0.3 is 19.8 Å². The average Bonchev–Trinajstić information content (AvgIpc) is 3.07. The van der Waals surface area contributed by atoms with Crippen molar-refractivity contribution in [1.29, 1.82) is 0 Å². The highest BCUT2D eigenvalue weighted by Gasteiger charge is 2.10. The van der Waals surface area contributed by atoms with Crippen LogP contribution in [0, 0.1) is 13.8 Å². The van der Waals surface area contributed by atoms with Crippen LogP contribution in [0.15, 0.2) is 36.4 Å². The number of amides is 1. The summed E-state index contributed by atoms with van der Waals surface area (Å²) in [5.74, 6) is 0.622. The highest BCUT2D eigenvalue weighted by molar-refractivity contribution is 5.93. The summed E-state index contributed by atoms with van der Waals surface area (Å²) in [6.07, 6.45) is 0. The molecule has 7 heteroatoms. The average molecular weight is 367 g/mol. The number of carbonyl (C=O) groups excluding carboxylic acids is 2. The number of carbonyl (C=O) groups is 2. The Labute approximate surface area is 156 Å². The number of nitrogens with one attached hydrogen (secondary N) is 2. The van der Waals surface area contributed by atoms with E-state index in [4.69, 9.17) is 9.47 Å². The van der Waals surface area contributed by atoms with E-state index < -0.39 is 5.97 Å². The molecule has 0 aliphatic carbocycles. The standard InChI is InChI=1S/C20H21N3O4/c1-12-4-7-17(13(2)8-12)27-11-19(24)21-10-18-22-15-6-5-14(20(25)26-3)9-16(15)23-18/h4-9H,10-11H2,1-3H3,(H,21,24)(H,22,23). The summed E-state index contributed by atoms with van der Waals surface area (Å²) in [6.45, 7) is 4.11. The highest BCUT2D eigenvalue weighted by atomic mass is 16.5. The number of ether oxygens (including phenoxy) is 2. The van der Waals surface area contributed by atoms with E-state index >= 15 is 0 Å². The molecule has 7 nitrogen and oxygen atoms in total. The van der Waals surface area contributed by atoms with Crippen LogP contribution in [0.5, 0.6) is 5.75 Å². The predicted molar refractivity (Wildman–Crippen MR) is 101 cm³/mol. The van der Waals surface area contributed by atoms with Crippen molar-refractivity contribution < 1.29 is 19.1 Å². The van der Waals surface area contributed by atoms with E-state index in [1.54, 1.807) is 18.2 Å². The molecular weight excluding hydrogens is 346 g/mol. The van der Waals surface area contributed by atoms with Crippen molar-refractivity contribution in [3.63, 3.8) is 0 Å². The van der Waals surface area contributed by atoms with Gasteiger partial charge in [-0.2, -0.15) is 0 Å². The summed E-state index contributed by atoms with van der Waals surface area (Å²) in [5.41, 5.74) is 3.98. The Morgan fingerprint density at radius 3 is 2.70 bits per heavy atom. The van der Waals surface area contributed by atoms with Crippen LogP contribution in [0.25, 0.3) is 11.0 Å². The van der Waals surface area contributed by atoms with Crippen molar-refractivity contribution in [2.75, 3.05) is 13.7 Å². The molecule has 140 valence electrons. The number of aromatic nitrogens is 2. The number of aromatic amines is 1. The molecule has 3 rings (SSSR count). The molecule has 1 heterocycles. The molecule has 0 saturated heterocycles. The summed E-state index contributed by atoms with van der Waals surface area (Å²) in [5, 5.41) is 2.76. The zero-order valence-corrected chi connectivity index (χ0v) is 15.5. The fraction of sp³-hybridized carbons (Fsp3) is 0.250. The van der Waals surface area contributed by atoms with Gasteiger partial charge in [-0.15, -0.1) is 0 Å². The Hall–Kier alpha value is -3.35. The Morgan fingerprint density at radius 2 is 1.96 bits per heavy atom. The van der Waals surface area contributed by atoms with Crippen molar-refractivity contribution in [2.24, 2.45) is 0 Å². The van der Waals surface area contributed by atoms with Crippen LogP contribution in [0.1, 0.15) is 27.3 Å². The summed E-state index contributed by atoms with van der Waals surface area (Å²) in [6, 6.07) is 10.8. The molecule has 0 unspecified atom stereocenters. The first-order valence-corrected chi connectivity index (χ1v) is 8.50. The van der Waals surface area contributed by atoms with Crippen molar-refractivity contribution in [2.45, 2.75) is 20.4 Å². The largest absolute Gasteiger partial charge is 0.484 e. The summed E-state index contributed by atoms with van der Waals surface area (Å²) in [7, 11) is 1.33. The van der Waals surface area contributed by atoms with Crippen LogP contribution >= 0.6 is 0 Å². The molecule has 2 N–H and O–H groups in total. The van der Waals surface area contributed by atoms with E-state index in [0.717, 1.165) is 11.1 Å². The molecule has 2 aromatic carbocycles. The second-order valence-electron chi connectivity index (χ2n) is 6.24. The fourth-order valence-electron chi connectivity index (χ4n) is 2.73. The predicted octanol–water partition coefficient (Wildman–Crippen LogP) is 2.66. The quantitative estimate of drug-likeness (QED) is 0.654. The molecule has 3 aromatic rings. The molecular formula is C20H21N3O4. The molecule has 0 bridgehead atoms. The number of esters is 1. The Kier molecular flexibility index (Phi) is 5.40. The van der Waals surface area contributed by atoms with Gasteiger partial charge >= 0.3 is 5.97 Å². The van der Waals surface area contributed by atoms with Crippen LogP contribution in [0.3, 0.4) is 0 Å². The lowest BCUT2D eigenvalue weighted by Gasteiger charge is -2.09. The fourth-order valence-corrected chi connectivity index (χ4v) is 2.73. The van der Waals surface area contributed by atoms with Gasteiger partial charge in [0.15, 0.2) is 6.61 Å². The molecule has 0 aliphatic heterocycles. The third-order valence-electron chi connectivity index (χ3n) is 4.09. The first-order chi connectivity index (χ1) is 13.0. The number of rotatable bonds is 6. The first kappa shape index (κ1) is 18.4. The summed E-state index contributed by atoms with van der Waals surface area (Å²) >= 11 is 0. The van der Waals surface area contributed by atoms with Crippen LogP contribution in [-0.4, -0.2) is 35.6 Å². The second-order valence-corrected chi connectivity index (χ2v) is 6.24. The van der Waals surface area contributed by atoms with Crippen molar-refractivity contribution in [1.82, 2.24) is 15.3 Å². The number of H-pyrrole nitrogens is 1. The Bertz CT molecular complexity index is 994. The minimum absolute atomic E-state index is 0.0728. The van der Waals surface area contributed by atoms with Gasteiger partial charge in [0.1, 0.15) is 11.6 Å². The highest BCUT2D eigenvalue weighted by Crippen LogP contribution is 2.18. The van der Waals surface area contributed by atoms with E-state index in [-0.39, 0.29) is 19.1 Å². The molecule has 1 amide bonds. The van der Waals surface area contributed by atoms with E-state index in [2.05, 4.69) is 15.3 Å². The van der Waals surface area contributed by atoms with E-state index in [0.29, 0.717) is 28.2 Å². The summed E-state index contributed by atoms with van der Waals surface area (Å²) in [4.78, 5) is 31.1. The van der Waals surface area contributed by atoms with Crippen molar-refractivity contribution in [3.8, 4) is 5.75 Å². The maximum Gasteiger partial charge on any atom is 0.337 e. The third kappa shape index (κ3) is 4.44. The lowest BCUT2D eigenvalue weighted by molar-refractivity contribution is -0.123. The molecule has 1 aromatic heterocycles. The first-order valence-electron chi connectivity index (χ1n) is 8.50. The van der Waals surface area contributed by atoms with Crippen molar-refractivity contribution >= 4 is 22.9 Å². The topological polar surface area (TPSA) is 93.3 Å². The van der Waals surface area contributed by atoms with Crippen LogP contribution in [0.2, 0.25) is 0 Å². The molecule has 0 fully saturated rings. The number of nitrogens with zero attached hydrogens (tertiary/aromatic N) is 1. The maximum atomic E-state index is 12.0. The normalized spacial score (nSPS) is 10.6. The number of methoxy groups -OCH3 is 1. The van der Waals surface area contributed by atoms with Gasteiger partial charge in [-0.05, 0) is 43.7 Å². The SMILES string of the molecule is COC(=O)c1ccc2nc(CNC(=O)COc3ccc(C)cc3C)[nH]c2c1. The minimum atomic E-state index is -0.412. The smallest absolute Gasteiger partial charge is 0.337 e. The molecule has 0 spiro atoms. The van der Waals surface area contributed by atoms with Gasteiger partial charge in [0.05, 0.1) is 30.3 Å².